The van der Waals surface area contributed by atoms with Gasteiger partial charge in [-0.05, 0) is 60.2 Å². The van der Waals surface area contributed by atoms with E-state index >= 15 is 0 Å². The second-order valence-electron chi connectivity index (χ2n) is 7.59. The Kier molecular flexibility index (Phi) is 5.85. The molecule has 10 heteroatoms. The molecular formula is C21H21FN4O4S. The van der Waals surface area contributed by atoms with Crippen LogP contribution in [0, 0.1) is 41.1 Å². The summed E-state index contributed by atoms with van der Waals surface area (Å²) in [6, 6.07) is 7.64. The minimum Gasteiger partial charge on any atom is -0.347 e. The molecule has 3 aromatic rings. The first-order valence-electron chi connectivity index (χ1n) is 9.41. The maximum Gasteiger partial charge on any atom is 0.289 e. The number of hydrogen-bond donors (Lipinski definition) is 1. The number of nitro benzene ring substituents is 1. The van der Waals surface area contributed by atoms with Crippen molar-refractivity contribution in [3.05, 3.63) is 68.6 Å². The van der Waals surface area contributed by atoms with E-state index in [4.69, 9.17) is 10.4 Å². The number of nitrogens with zero attached hydrogens (tertiary/aromatic N) is 3. The highest BCUT2D eigenvalue weighted by Crippen LogP contribution is 2.36. The lowest BCUT2D eigenvalue weighted by molar-refractivity contribution is -0.388. The van der Waals surface area contributed by atoms with Gasteiger partial charge in [0.25, 0.3) is 5.69 Å². The lowest BCUT2D eigenvalue weighted by Gasteiger charge is -2.21. The van der Waals surface area contributed by atoms with Crippen LogP contribution in [0.3, 0.4) is 0 Å². The molecule has 0 radical (unpaired) electrons. The summed E-state index contributed by atoms with van der Waals surface area (Å²) in [5.74, 6) is -0.658. The fourth-order valence-corrected chi connectivity index (χ4v) is 5.28. The molecule has 0 bridgehead atoms. The standard InChI is InChI=1S/C21H21FN4O4S/c1-12-8-19(26(27)28)21(31(24,29)30)14(3)20(12)13(2)10-25-11-15(6-7-23)17-9-16(22)4-5-18(17)25/h4-5,8-9,11,13H,6,10H2,1-3H3,(H2,24,29,30)/t13-/m1/s1. The lowest BCUT2D eigenvalue weighted by Crippen LogP contribution is -2.19. The normalized spacial score (nSPS) is 12.6. The quantitative estimate of drug-likeness (QED) is 0.456. The van der Waals surface area contributed by atoms with Gasteiger partial charge in [0.1, 0.15) is 5.82 Å². The zero-order valence-corrected chi connectivity index (χ0v) is 18.0. The molecule has 0 unspecified atom stereocenters. The van der Waals surface area contributed by atoms with E-state index in [9.17, 15) is 22.9 Å². The molecule has 162 valence electrons. The van der Waals surface area contributed by atoms with Crippen LogP contribution in [-0.4, -0.2) is 17.9 Å². The van der Waals surface area contributed by atoms with Crippen LogP contribution in [0.1, 0.15) is 35.1 Å². The Hall–Kier alpha value is -3.29. The van der Waals surface area contributed by atoms with E-state index in [-0.39, 0.29) is 17.9 Å². The molecule has 0 aliphatic heterocycles. The molecule has 0 spiro atoms. The molecule has 31 heavy (non-hydrogen) atoms. The second-order valence-corrected chi connectivity index (χ2v) is 9.08. The highest BCUT2D eigenvalue weighted by atomic mass is 32.2. The SMILES string of the molecule is Cc1cc([N+](=O)[O-])c(S(N)(=O)=O)c(C)c1[C@H](C)Cn1cc(CC#N)c2cc(F)ccc21. The average Bonchev–Trinajstić information content (AvgIpc) is 2.96. The van der Waals surface area contributed by atoms with Crippen molar-refractivity contribution in [2.75, 3.05) is 0 Å². The number of nitriles is 1. The Morgan fingerprint density at radius 1 is 1.32 bits per heavy atom. The van der Waals surface area contributed by atoms with Crippen molar-refractivity contribution in [3.63, 3.8) is 0 Å². The van der Waals surface area contributed by atoms with Crippen molar-refractivity contribution < 1.29 is 17.7 Å². The van der Waals surface area contributed by atoms with Gasteiger partial charge in [-0.1, -0.05) is 6.92 Å². The van der Waals surface area contributed by atoms with E-state index in [0.29, 0.717) is 28.6 Å². The third-order valence-electron chi connectivity index (χ3n) is 5.40. The van der Waals surface area contributed by atoms with Crippen LogP contribution in [-0.2, 0) is 23.0 Å². The highest BCUT2D eigenvalue weighted by Gasteiger charge is 2.30. The molecule has 1 heterocycles. The van der Waals surface area contributed by atoms with Crippen molar-refractivity contribution >= 4 is 26.6 Å². The maximum absolute atomic E-state index is 13.7. The van der Waals surface area contributed by atoms with Crippen LogP contribution in [0.2, 0.25) is 0 Å². The van der Waals surface area contributed by atoms with Crippen molar-refractivity contribution in [2.24, 2.45) is 5.14 Å². The number of fused-ring (bicyclic) bond motifs is 1. The molecule has 0 saturated carbocycles. The third kappa shape index (κ3) is 4.15. The molecule has 1 atom stereocenters. The zero-order chi connectivity index (χ0) is 23.1. The first-order valence-corrected chi connectivity index (χ1v) is 11.0. The minimum absolute atomic E-state index is 0.118. The van der Waals surface area contributed by atoms with Gasteiger partial charge < -0.3 is 4.57 Å². The Labute approximate surface area is 178 Å². The molecule has 0 aliphatic carbocycles. The number of benzene rings is 2. The number of halogens is 1. The summed E-state index contributed by atoms with van der Waals surface area (Å²) in [7, 11) is -4.32. The van der Waals surface area contributed by atoms with Crippen LogP contribution in [0.4, 0.5) is 10.1 Å². The van der Waals surface area contributed by atoms with E-state index in [0.717, 1.165) is 5.52 Å². The topological polar surface area (TPSA) is 132 Å². The second kappa shape index (κ2) is 8.09. The molecule has 8 nitrogen and oxygen atoms in total. The van der Waals surface area contributed by atoms with Crippen LogP contribution in [0.15, 0.2) is 35.4 Å². The van der Waals surface area contributed by atoms with Crippen LogP contribution < -0.4 is 5.14 Å². The zero-order valence-electron chi connectivity index (χ0n) is 17.2. The molecule has 0 aliphatic rings. The summed E-state index contributed by atoms with van der Waals surface area (Å²) in [6.45, 7) is 5.45. The molecule has 0 amide bonds. The number of sulfonamides is 1. The van der Waals surface area contributed by atoms with E-state index in [1.165, 1.54) is 25.1 Å². The van der Waals surface area contributed by atoms with Gasteiger partial charge in [0.05, 0.1) is 17.4 Å². The summed E-state index contributed by atoms with van der Waals surface area (Å²) in [5, 5.41) is 26.4. The van der Waals surface area contributed by atoms with Gasteiger partial charge in [0.2, 0.25) is 10.0 Å². The number of aromatic nitrogens is 1. The summed E-state index contributed by atoms with van der Waals surface area (Å²) in [5.41, 5.74) is 2.33. The summed E-state index contributed by atoms with van der Waals surface area (Å²) in [6.07, 6.45) is 1.90. The third-order valence-corrected chi connectivity index (χ3v) is 6.48. The predicted molar refractivity (Wildman–Crippen MR) is 114 cm³/mol. The van der Waals surface area contributed by atoms with Crippen LogP contribution in [0.25, 0.3) is 10.9 Å². The monoisotopic (exact) mass is 444 g/mol. The Balaban J connectivity index is 2.14. The van der Waals surface area contributed by atoms with Gasteiger partial charge in [-0.15, -0.1) is 0 Å². The van der Waals surface area contributed by atoms with Crippen molar-refractivity contribution in [2.45, 2.75) is 44.6 Å². The van der Waals surface area contributed by atoms with Gasteiger partial charge in [0.15, 0.2) is 4.90 Å². The van der Waals surface area contributed by atoms with Crippen LogP contribution >= 0.6 is 0 Å². The van der Waals surface area contributed by atoms with Gasteiger partial charge in [0, 0.05) is 29.7 Å². The Morgan fingerprint density at radius 3 is 2.58 bits per heavy atom. The number of aryl methyl sites for hydroxylation is 1. The summed E-state index contributed by atoms with van der Waals surface area (Å²) >= 11 is 0. The lowest BCUT2D eigenvalue weighted by atomic mass is 9.91. The summed E-state index contributed by atoms with van der Waals surface area (Å²) in [4.78, 5) is 10.2. The largest absolute Gasteiger partial charge is 0.347 e. The number of nitro groups is 1. The van der Waals surface area contributed by atoms with Crippen molar-refractivity contribution in [1.29, 1.82) is 5.26 Å². The Morgan fingerprint density at radius 2 is 2.00 bits per heavy atom. The summed E-state index contributed by atoms with van der Waals surface area (Å²) < 4.78 is 39.8. The van der Waals surface area contributed by atoms with E-state index < -0.39 is 31.3 Å². The maximum atomic E-state index is 13.7. The van der Waals surface area contributed by atoms with Gasteiger partial charge in [-0.2, -0.15) is 5.26 Å². The number of primary sulfonamides is 1. The fourth-order valence-electron chi connectivity index (χ4n) is 4.32. The molecule has 2 N–H and O–H groups in total. The number of nitrogens with two attached hydrogens (primary N) is 1. The number of rotatable bonds is 6. The van der Waals surface area contributed by atoms with Crippen molar-refractivity contribution in [1.82, 2.24) is 4.57 Å². The highest BCUT2D eigenvalue weighted by molar-refractivity contribution is 7.89. The first kappa shape index (κ1) is 22.4. The number of hydrogen-bond acceptors (Lipinski definition) is 5. The molecule has 0 fully saturated rings. The van der Waals surface area contributed by atoms with E-state index in [2.05, 4.69) is 6.07 Å². The van der Waals surface area contributed by atoms with Gasteiger partial charge >= 0.3 is 0 Å². The van der Waals surface area contributed by atoms with Gasteiger partial charge in [-0.25, -0.2) is 17.9 Å². The van der Waals surface area contributed by atoms with E-state index in [1.807, 2.05) is 11.5 Å². The molecule has 1 aromatic heterocycles. The molecule has 3 rings (SSSR count). The fraction of sp³-hybridized carbons (Fsp3) is 0.286. The first-order chi connectivity index (χ1) is 14.5. The predicted octanol–water partition coefficient (Wildman–Crippen LogP) is 3.82. The van der Waals surface area contributed by atoms with E-state index in [1.54, 1.807) is 19.2 Å². The molecular weight excluding hydrogens is 423 g/mol. The Bertz CT molecular complexity index is 1360. The average molecular weight is 444 g/mol. The van der Waals surface area contributed by atoms with Crippen LogP contribution in [0.5, 0.6) is 0 Å². The smallest absolute Gasteiger partial charge is 0.289 e. The van der Waals surface area contributed by atoms with Crippen molar-refractivity contribution in [3.8, 4) is 6.07 Å². The molecule has 2 aromatic carbocycles. The molecule has 0 saturated heterocycles. The van der Waals surface area contributed by atoms with Gasteiger partial charge in [-0.3, -0.25) is 10.1 Å². The minimum atomic E-state index is -4.32.